The Morgan fingerprint density at radius 3 is 2.93 bits per heavy atom. The first-order valence-corrected chi connectivity index (χ1v) is 6.91. The van der Waals surface area contributed by atoms with E-state index in [0.717, 1.165) is 32.2 Å². The molecule has 0 bridgehead atoms. The molecular weight excluding hydrogens is 210 g/mol. The van der Waals surface area contributed by atoms with E-state index >= 15 is 0 Å². The highest BCUT2D eigenvalue weighted by molar-refractivity contribution is 7.99. The van der Waals surface area contributed by atoms with Gasteiger partial charge in [-0.25, -0.2) is 0 Å². The Morgan fingerprint density at radius 2 is 2.33 bits per heavy atom. The molecule has 1 saturated carbocycles. The van der Waals surface area contributed by atoms with Crippen molar-refractivity contribution in [2.45, 2.75) is 43.9 Å². The van der Waals surface area contributed by atoms with Crippen molar-refractivity contribution in [3.63, 3.8) is 0 Å². The van der Waals surface area contributed by atoms with Crippen LogP contribution in [0.5, 0.6) is 0 Å². The first kappa shape index (κ1) is 12.8. The molecule has 2 N–H and O–H groups in total. The lowest BCUT2D eigenvalue weighted by Gasteiger charge is -2.28. The van der Waals surface area contributed by atoms with Crippen LogP contribution in [0, 0.1) is 5.92 Å². The minimum absolute atomic E-state index is 0.124. The van der Waals surface area contributed by atoms with E-state index in [1.165, 1.54) is 0 Å². The maximum Gasteiger partial charge on any atom is 0.306 e. The highest BCUT2D eigenvalue weighted by Gasteiger charge is 2.26. The van der Waals surface area contributed by atoms with Gasteiger partial charge < -0.3 is 10.4 Å². The molecule has 0 spiro atoms. The smallest absolute Gasteiger partial charge is 0.306 e. The molecule has 3 unspecified atom stereocenters. The van der Waals surface area contributed by atoms with Gasteiger partial charge in [-0.15, -0.1) is 0 Å². The van der Waals surface area contributed by atoms with Crippen molar-refractivity contribution >= 4 is 17.7 Å². The monoisotopic (exact) mass is 231 g/mol. The molecule has 0 radical (unpaired) electrons. The molecule has 0 aromatic carbocycles. The Hall–Kier alpha value is -0.220. The Kier molecular flexibility index (Phi) is 5.47. The van der Waals surface area contributed by atoms with Gasteiger partial charge in [0.2, 0.25) is 0 Å². The van der Waals surface area contributed by atoms with Gasteiger partial charge in [-0.05, 0) is 25.5 Å². The largest absolute Gasteiger partial charge is 0.481 e. The van der Waals surface area contributed by atoms with E-state index in [2.05, 4.69) is 18.5 Å². The number of thioether (sulfide) groups is 1. The molecule has 88 valence electrons. The zero-order valence-corrected chi connectivity index (χ0v) is 10.3. The summed E-state index contributed by atoms with van der Waals surface area (Å²) in [6.45, 7) is 3.17. The fraction of sp³-hybridized carbons (Fsp3) is 0.909. The topological polar surface area (TPSA) is 49.3 Å². The van der Waals surface area contributed by atoms with Crippen LogP contribution >= 0.6 is 11.8 Å². The second-order valence-corrected chi connectivity index (χ2v) is 5.63. The number of rotatable bonds is 5. The van der Waals surface area contributed by atoms with Crippen LogP contribution in [0.15, 0.2) is 0 Å². The predicted octanol–water partition coefficient (Wildman–Crippen LogP) is 1.97. The normalized spacial score (nSPS) is 28.7. The van der Waals surface area contributed by atoms with Crippen LogP contribution in [0.2, 0.25) is 0 Å². The minimum atomic E-state index is -0.626. The molecule has 15 heavy (non-hydrogen) atoms. The van der Waals surface area contributed by atoms with Gasteiger partial charge in [-0.1, -0.05) is 13.3 Å². The van der Waals surface area contributed by atoms with E-state index in [0.29, 0.717) is 11.3 Å². The van der Waals surface area contributed by atoms with E-state index in [4.69, 9.17) is 5.11 Å². The first-order chi connectivity index (χ1) is 7.13. The average molecular weight is 231 g/mol. The number of nitrogens with one attached hydrogen (secondary N) is 1. The van der Waals surface area contributed by atoms with Gasteiger partial charge in [0.15, 0.2) is 0 Å². The van der Waals surface area contributed by atoms with E-state index in [1.54, 1.807) is 0 Å². The molecule has 0 aromatic rings. The molecule has 1 aliphatic carbocycles. The maximum atomic E-state index is 10.9. The predicted molar refractivity (Wildman–Crippen MR) is 64.4 cm³/mol. The summed E-state index contributed by atoms with van der Waals surface area (Å²) in [6.07, 6.45) is 5.93. The maximum absolute atomic E-state index is 10.9. The highest BCUT2D eigenvalue weighted by atomic mass is 32.2. The highest BCUT2D eigenvalue weighted by Crippen LogP contribution is 2.24. The van der Waals surface area contributed by atoms with Gasteiger partial charge in [-0.2, -0.15) is 11.8 Å². The Balaban J connectivity index is 2.27. The van der Waals surface area contributed by atoms with Crippen molar-refractivity contribution in [2.24, 2.45) is 5.92 Å². The molecular formula is C11H21NO2S. The van der Waals surface area contributed by atoms with E-state index in [9.17, 15) is 4.79 Å². The van der Waals surface area contributed by atoms with E-state index < -0.39 is 5.97 Å². The third kappa shape index (κ3) is 4.43. The number of hydrogen-bond donors (Lipinski definition) is 2. The van der Waals surface area contributed by atoms with Crippen LogP contribution in [-0.4, -0.2) is 35.2 Å². The fourth-order valence-corrected chi connectivity index (χ4v) is 2.28. The van der Waals surface area contributed by atoms with Gasteiger partial charge in [0.1, 0.15) is 0 Å². The van der Waals surface area contributed by atoms with Crippen LogP contribution in [0.25, 0.3) is 0 Å². The summed E-state index contributed by atoms with van der Waals surface area (Å²) in [5.74, 6) is -0.750. The summed E-state index contributed by atoms with van der Waals surface area (Å²) in [5, 5.41) is 13.0. The molecule has 1 fully saturated rings. The summed E-state index contributed by atoms with van der Waals surface area (Å²) >= 11 is 1.84. The lowest BCUT2D eigenvalue weighted by Crippen LogP contribution is -2.38. The number of aliphatic carboxylic acids is 1. The van der Waals surface area contributed by atoms with E-state index in [-0.39, 0.29) is 5.92 Å². The molecule has 0 heterocycles. The molecule has 4 heteroatoms. The standard InChI is InChI=1S/C11H21NO2S/c1-8(15-2)7-12-10-5-3-4-9(6-10)11(13)14/h8-10,12H,3-7H2,1-2H3,(H,13,14). The molecule has 1 aliphatic rings. The number of carboxylic acids is 1. The van der Waals surface area contributed by atoms with E-state index in [1.807, 2.05) is 11.8 Å². The SMILES string of the molecule is CSC(C)CNC1CCCC(C(=O)O)C1. The zero-order chi connectivity index (χ0) is 11.3. The molecule has 3 atom stereocenters. The molecule has 1 rings (SSSR count). The number of carbonyl (C=O) groups is 1. The molecule has 0 amide bonds. The van der Waals surface area contributed by atoms with Crippen LogP contribution in [0.4, 0.5) is 0 Å². The first-order valence-electron chi connectivity index (χ1n) is 5.62. The number of hydrogen-bond acceptors (Lipinski definition) is 3. The van der Waals surface area contributed by atoms with Crippen LogP contribution < -0.4 is 5.32 Å². The lowest BCUT2D eigenvalue weighted by atomic mass is 9.86. The average Bonchev–Trinajstić information content (AvgIpc) is 2.26. The van der Waals surface area contributed by atoms with Gasteiger partial charge in [0.05, 0.1) is 5.92 Å². The van der Waals surface area contributed by atoms with Crippen molar-refractivity contribution in [3.05, 3.63) is 0 Å². The second-order valence-electron chi connectivity index (χ2n) is 4.35. The van der Waals surface area contributed by atoms with Crippen LogP contribution in [-0.2, 0) is 4.79 Å². The number of carboxylic acid groups (broad SMARTS) is 1. The van der Waals surface area contributed by atoms with Gasteiger partial charge in [0, 0.05) is 17.8 Å². The van der Waals surface area contributed by atoms with Crippen LogP contribution in [0.1, 0.15) is 32.6 Å². The van der Waals surface area contributed by atoms with Gasteiger partial charge >= 0.3 is 5.97 Å². The quantitative estimate of drug-likeness (QED) is 0.759. The Labute approximate surface area is 96.0 Å². The summed E-state index contributed by atoms with van der Waals surface area (Å²) in [6, 6.07) is 0.412. The fourth-order valence-electron chi connectivity index (χ4n) is 2.02. The zero-order valence-electron chi connectivity index (χ0n) is 9.53. The van der Waals surface area contributed by atoms with Crippen molar-refractivity contribution in [1.82, 2.24) is 5.32 Å². The molecule has 0 aliphatic heterocycles. The third-order valence-corrected chi connectivity index (χ3v) is 4.09. The van der Waals surface area contributed by atoms with Crippen molar-refractivity contribution in [2.75, 3.05) is 12.8 Å². The Bertz CT molecular complexity index is 211. The summed E-state index contributed by atoms with van der Waals surface area (Å²) < 4.78 is 0. The van der Waals surface area contributed by atoms with Gasteiger partial charge in [0.25, 0.3) is 0 Å². The second kappa shape index (κ2) is 6.38. The van der Waals surface area contributed by atoms with Crippen molar-refractivity contribution < 1.29 is 9.90 Å². The van der Waals surface area contributed by atoms with Crippen molar-refractivity contribution in [3.8, 4) is 0 Å². The molecule has 0 aromatic heterocycles. The summed E-state index contributed by atoms with van der Waals surface area (Å²) in [7, 11) is 0. The van der Waals surface area contributed by atoms with Crippen LogP contribution in [0.3, 0.4) is 0 Å². The molecule has 3 nitrogen and oxygen atoms in total. The minimum Gasteiger partial charge on any atom is -0.481 e. The summed E-state index contributed by atoms with van der Waals surface area (Å²) in [4.78, 5) is 10.9. The lowest BCUT2D eigenvalue weighted by molar-refractivity contribution is -0.143. The Morgan fingerprint density at radius 1 is 1.60 bits per heavy atom. The third-order valence-electron chi connectivity index (χ3n) is 3.12. The van der Waals surface area contributed by atoms with Crippen molar-refractivity contribution in [1.29, 1.82) is 0 Å². The molecule has 0 saturated heterocycles. The summed E-state index contributed by atoms with van der Waals surface area (Å²) in [5.41, 5.74) is 0. The van der Waals surface area contributed by atoms with Gasteiger partial charge in [-0.3, -0.25) is 4.79 Å².